The minimum Gasteiger partial charge on any atom is -0.484 e. The molecule has 1 aliphatic heterocycles. The Morgan fingerprint density at radius 2 is 1.86 bits per heavy atom. The molecule has 0 unspecified atom stereocenters. The maximum atomic E-state index is 13.3. The van der Waals surface area contributed by atoms with Crippen LogP contribution in [0.3, 0.4) is 0 Å². The van der Waals surface area contributed by atoms with Gasteiger partial charge < -0.3 is 24.6 Å². The smallest absolute Gasteiger partial charge is 0.262 e. The molecule has 7 heteroatoms. The molecular formula is C28H39N3O4. The molecular weight excluding hydrogens is 442 g/mol. The van der Waals surface area contributed by atoms with Gasteiger partial charge in [0.05, 0.1) is 6.10 Å². The number of amides is 2. The molecule has 190 valence electrons. The predicted molar refractivity (Wildman–Crippen MR) is 140 cm³/mol. The fraction of sp³-hybridized carbons (Fsp3) is 0.500. The summed E-state index contributed by atoms with van der Waals surface area (Å²) in [7, 11) is 3.96. The summed E-state index contributed by atoms with van der Waals surface area (Å²) in [6.45, 7) is 7.93. The van der Waals surface area contributed by atoms with Crippen LogP contribution in [0.2, 0.25) is 0 Å². The van der Waals surface area contributed by atoms with Gasteiger partial charge in [-0.05, 0) is 54.2 Å². The number of nitrogens with one attached hydrogen (secondary N) is 1. The lowest BCUT2D eigenvalue weighted by Gasteiger charge is -2.30. The van der Waals surface area contributed by atoms with Crippen molar-refractivity contribution in [2.24, 2.45) is 5.41 Å². The lowest BCUT2D eigenvalue weighted by molar-refractivity contribution is -0.135. The van der Waals surface area contributed by atoms with Gasteiger partial charge in [0, 0.05) is 51.6 Å². The van der Waals surface area contributed by atoms with Crippen LogP contribution in [0.25, 0.3) is 0 Å². The molecule has 1 atom stereocenters. The first-order valence-electron chi connectivity index (χ1n) is 12.3. The Labute approximate surface area is 209 Å². The Bertz CT molecular complexity index is 979. The summed E-state index contributed by atoms with van der Waals surface area (Å²) in [5.41, 5.74) is 2.54. The second kappa shape index (κ2) is 12.1. The molecule has 1 heterocycles. The molecule has 35 heavy (non-hydrogen) atoms. The lowest BCUT2D eigenvalue weighted by Crippen LogP contribution is -2.38. The van der Waals surface area contributed by atoms with Crippen molar-refractivity contribution in [1.29, 1.82) is 0 Å². The van der Waals surface area contributed by atoms with E-state index in [9.17, 15) is 9.59 Å². The quantitative estimate of drug-likeness (QED) is 0.532. The molecule has 0 aliphatic carbocycles. The molecule has 1 aliphatic rings. The highest BCUT2D eigenvalue weighted by Gasteiger charge is 2.26. The number of hydrogen-bond acceptors (Lipinski definition) is 5. The Morgan fingerprint density at radius 3 is 2.49 bits per heavy atom. The lowest BCUT2D eigenvalue weighted by atomic mass is 9.91. The number of benzene rings is 2. The minimum atomic E-state index is -0.238. The van der Waals surface area contributed by atoms with Crippen LogP contribution in [-0.2, 0) is 20.9 Å². The highest BCUT2D eigenvalue weighted by molar-refractivity contribution is 5.92. The minimum absolute atomic E-state index is 0.0692. The van der Waals surface area contributed by atoms with E-state index >= 15 is 0 Å². The number of rotatable bonds is 10. The summed E-state index contributed by atoms with van der Waals surface area (Å²) in [4.78, 5) is 29.7. The van der Waals surface area contributed by atoms with E-state index in [4.69, 9.17) is 9.47 Å². The summed E-state index contributed by atoms with van der Waals surface area (Å²) in [5, 5.41) is 2.92. The van der Waals surface area contributed by atoms with E-state index in [0.717, 1.165) is 30.7 Å². The van der Waals surface area contributed by atoms with Gasteiger partial charge in [-0.25, -0.2) is 0 Å². The molecule has 0 bridgehead atoms. The van der Waals surface area contributed by atoms with Crippen LogP contribution in [0.4, 0.5) is 11.4 Å². The second-order valence-corrected chi connectivity index (χ2v) is 10.5. The molecule has 0 saturated carbocycles. The van der Waals surface area contributed by atoms with Crippen molar-refractivity contribution in [3.05, 3.63) is 54.1 Å². The van der Waals surface area contributed by atoms with E-state index < -0.39 is 0 Å². The summed E-state index contributed by atoms with van der Waals surface area (Å²) < 4.78 is 11.4. The van der Waals surface area contributed by atoms with Gasteiger partial charge in [0.25, 0.3) is 5.91 Å². The van der Waals surface area contributed by atoms with E-state index in [1.807, 2.05) is 72.4 Å². The topological polar surface area (TPSA) is 71.1 Å². The predicted octanol–water partition coefficient (Wildman–Crippen LogP) is 4.71. The molecule has 0 spiro atoms. The average Bonchev–Trinajstić information content (AvgIpc) is 3.30. The molecule has 1 saturated heterocycles. The van der Waals surface area contributed by atoms with Crippen molar-refractivity contribution in [1.82, 2.24) is 4.90 Å². The van der Waals surface area contributed by atoms with Gasteiger partial charge in [-0.15, -0.1) is 0 Å². The average molecular weight is 482 g/mol. The van der Waals surface area contributed by atoms with E-state index in [1.165, 1.54) is 0 Å². The molecule has 0 radical (unpaired) electrons. The summed E-state index contributed by atoms with van der Waals surface area (Å²) in [5.74, 6) is 0.522. The first-order chi connectivity index (χ1) is 16.6. The number of para-hydroxylation sites is 1. The third-order valence-corrected chi connectivity index (χ3v) is 5.80. The van der Waals surface area contributed by atoms with Crippen molar-refractivity contribution >= 4 is 23.2 Å². The SMILES string of the molecule is CN(C)c1ccc(NC(=O)COc2ccccc2)cc1CN(C[C@H]1CCCO1)C(=O)CC(C)(C)C. The largest absolute Gasteiger partial charge is 0.484 e. The van der Waals surface area contributed by atoms with E-state index in [1.54, 1.807) is 0 Å². The number of carbonyl (C=O) groups excluding carboxylic acids is 2. The van der Waals surface area contributed by atoms with Crippen molar-refractivity contribution < 1.29 is 19.1 Å². The zero-order chi connectivity index (χ0) is 25.4. The monoisotopic (exact) mass is 481 g/mol. The van der Waals surface area contributed by atoms with Crippen LogP contribution in [0, 0.1) is 5.41 Å². The van der Waals surface area contributed by atoms with E-state index in [2.05, 4.69) is 26.1 Å². The molecule has 1 N–H and O–H groups in total. The van der Waals surface area contributed by atoms with Gasteiger partial charge in [-0.1, -0.05) is 39.0 Å². The van der Waals surface area contributed by atoms with E-state index in [-0.39, 0.29) is 29.9 Å². The van der Waals surface area contributed by atoms with Gasteiger partial charge in [0.1, 0.15) is 5.75 Å². The Balaban J connectivity index is 1.75. The van der Waals surface area contributed by atoms with Crippen molar-refractivity contribution in [2.75, 3.05) is 44.1 Å². The third-order valence-electron chi connectivity index (χ3n) is 5.80. The number of ether oxygens (including phenoxy) is 2. The third kappa shape index (κ3) is 8.58. The molecule has 7 nitrogen and oxygen atoms in total. The Morgan fingerprint density at radius 1 is 1.11 bits per heavy atom. The zero-order valence-electron chi connectivity index (χ0n) is 21.7. The van der Waals surface area contributed by atoms with Crippen LogP contribution in [0.1, 0.15) is 45.6 Å². The molecule has 2 amide bonds. The fourth-order valence-electron chi connectivity index (χ4n) is 4.15. The normalized spacial score (nSPS) is 15.5. The van der Waals surface area contributed by atoms with Gasteiger partial charge in [-0.2, -0.15) is 0 Å². The van der Waals surface area contributed by atoms with Crippen molar-refractivity contribution in [2.45, 2.75) is 52.7 Å². The zero-order valence-corrected chi connectivity index (χ0v) is 21.7. The summed E-state index contributed by atoms with van der Waals surface area (Å²) in [6.07, 6.45) is 2.53. The summed E-state index contributed by atoms with van der Waals surface area (Å²) in [6, 6.07) is 15.1. The van der Waals surface area contributed by atoms with Crippen LogP contribution in [-0.4, -0.2) is 56.7 Å². The highest BCUT2D eigenvalue weighted by Crippen LogP contribution is 2.27. The number of hydrogen-bond donors (Lipinski definition) is 1. The van der Waals surface area contributed by atoms with Crippen LogP contribution in [0.5, 0.6) is 5.75 Å². The van der Waals surface area contributed by atoms with Gasteiger partial charge in [-0.3, -0.25) is 9.59 Å². The first-order valence-corrected chi connectivity index (χ1v) is 12.3. The first kappa shape index (κ1) is 26.5. The molecule has 0 aromatic heterocycles. The highest BCUT2D eigenvalue weighted by atomic mass is 16.5. The van der Waals surface area contributed by atoms with Crippen LogP contribution in [0.15, 0.2) is 48.5 Å². The van der Waals surface area contributed by atoms with E-state index in [0.29, 0.717) is 30.9 Å². The molecule has 3 rings (SSSR count). The number of nitrogens with zero attached hydrogens (tertiary/aromatic N) is 2. The van der Waals surface area contributed by atoms with Crippen LogP contribution < -0.4 is 15.0 Å². The van der Waals surface area contributed by atoms with Crippen molar-refractivity contribution in [3.63, 3.8) is 0 Å². The summed E-state index contributed by atoms with van der Waals surface area (Å²) >= 11 is 0. The maximum Gasteiger partial charge on any atom is 0.262 e. The Kier molecular flexibility index (Phi) is 9.15. The number of carbonyl (C=O) groups is 2. The maximum absolute atomic E-state index is 13.3. The van der Waals surface area contributed by atoms with Gasteiger partial charge in [0.2, 0.25) is 5.91 Å². The molecule has 1 fully saturated rings. The Hall–Kier alpha value is -3.06. The molecule has 2 aromatic rings. The van der Waals surface area contributed by atoms with Gasteiger partial charge >= 0.3 is 0 Å². The fourth-order valence-corrected chi connectivity index (χ4v) is 4.15. The van der Waals surface area contributed by atoms with Gasteiger partial charge in [0.15, 0.2) is 6.61 Å². The van der Waals surface area contributed by atoms with Crippen molar-refractivity contribution in [3.8, 4) is 5.75 Å². The second-order valence-electron chi connectivity index (χ2n) is 10.5. The number of anilines is 2. The molecule has 2 aromatic carbocycles. The standard InChI is InChI=1S/C28H39N3O4/c1-28(2,3)17-27(33)31(19-24-12-9-15-34-24)18-21-16-22(13-14-25(21)30(4)5)29-26(32)20-35-23-10-7-6-8-11-23/h6-8,10-11,13-14,16,24H,9,12,15,17-20H2,1-5H3,(H,29,32)/t24-/m1/s1. The van der Waals surface area contributed by atoms with Crippen LogP contribution >= 0.6 is 0 Å².